The first-order valence-corrected chi connectivity index (χ1v) is 14.1. The van der Waals surface area contributed by atoms with E-state index in [1.165, 1.54) is 18.9 Å². The third-order valence-corrected chi connectivity index (χ3v) is 7.48. The van der Waals surface area contributed by atoms with E-state index in [1.54, 1.807) is 12.1 Å². The molecular weight excluding hydrogens is 520 g/mol. The van der Waals surface area contributed by atoms with Gasteiger partial charge in [0, 0.05) is 17.1 Å². The highest BCUT2D eigenvalue weighted by Crippen LogP contribution is 2.21. The molecule has 0 aliphatic rings. The smallest absolute Gasteiger partial charge is 0.329 e. The number of carbonyl (C=O) groups excluding carboxylic acids is 3. The summed E-state index contributed by atoms with van der Waals surface area (Å²) in [6, 6.07) is 32.9. The van der Waals surface area contributed by atoms with Crippen molar-refractivity contribution in [1.29, 1.82) is 0 Å². The molecule has 0 aliphatic carbocycles. The zero-order valence-corrected chi connectivity index (χ0v) is 23.4. The SMILES string of the molecule is COC(=O)[C@H](CSCc1ccccc1)NC(=O)N(Cc1ccc(C)cc1)C(=O)c1ccc(-c2ccccc2)cc1. The van der Waals surface area contributed by atoms with Gasteiger partial charge in [-0.05, 0) is 41.3 Å². The van der Waals surface area contributed by atoms with Crippen LogP contribution >= 0.6 is 11.8 Å². The molecule has 0 fully saturated rings. The number of nitrogens with zero attached hydrogens (tertiary/aromatic N) is 1. The summed E-state index contributed by atoms with van der Waals surface area (Å²) in [5, 5.41) is 2.74. The number of thioether (sulfide) groups is 1. The second-order valence-electron chi connectivity index (χ2n) is 9.35. The molecule has 4 rings (SSSR count). The van der Waals surface area contributed by atoms with Crippen LogP contribution in [0.1, 0.15) is 27.0 Å². The molecule has 1 N–H and O–H groups in total. The molecule has 6 nitrogen and oxygen atoms in total. The van der Waals surface area contributed by atoms with E-state index in [2.05, 4.69) is 5.32 Å². The summed E-state index contributed by atoms with van der Waals surface area (Å²) in [5.41, 5.74) is 5.34. The van der Waals surface area contributed by atoms with Gasteiger partial charge in [-0.25, -0.2) is 9.59 Å². The minimum atomic E-state index is -0.917. The number of rotatable bonds is 10. The van der Waals surface area contributed by atoms with Crippen LogP contribution in [0, 0.1) is 6.92 Å². The van der Waals surface area contributed by atoms with Gasteiger partial charge >= 0.3 is 12.0 Å². The van der Waals surface area contributed by atoms with Crippen LogP contribution in [-0.2, 0) is 21.8 Å². The van der Waals surface area contributed by atoms with Crippen molar-refractivity contribution in [3.8, 4) is 11.1 Å². The Hall–Kier alpha value is -4.36. The fourth-order valence-corrected chi connectivity index (χ4v) is 5.11. The Balaban J connectivity index is 1.53. The van der Waals surface area contributed by atoms with Crippen molar-refractivity contribution < 1.29 is 19.1 Å². The first kappa shape index (κ1) is 28.6. The van der Waals surface area contributed by atoms with E-state index < -0.39 is 23.9 Å². The van der Waals surface area contributed by atoms with E-state index in [1.807, 2.05) is 104 Å². The van der Waals surface area contributed by atoms with Crippen LogP contribution in [0.5, 0.6) is 0 Å². The van der Waals surface area contributed by atoms with Gasteiger partial charge in [0.15, 0.2) is 0 Å². The summed E-state index contributed by atoms with van der Waals surface area (Å²) < 4.78 is 4.96. The van der Waals surface area contributed by atoms with Crippen LogP contribution in [0.25, 0.3) is 11.1 Å². The molecule has 0 spiro atoms. The third kappa shape index (κ3) is 7.83. The highest BCUT2D eigenvalue weighted by molar-refractivity contribution is 7.98. The molecule has 1 atom stereocenters. The third-order valence-electron chi connectivity index (χ3n) is 6.37. The number of imide groups is 1. The van der Waals surface area contributed by atoms with Crippen molar-refractivity contribution in [2.75, 3.05) is 12.9 Å². The predicted molar refractivity (Wildman–Crippen MR) is 160 cm³/mol. The van der Waals surface area contributed by atoms with Gasteiger partial charge in [0.25, 0.3) is 5.91 Å². The van der Waals surface area contributed by atoms with Gasteiger partial charge in [0.2, 0.25) is 0 Å². The van der Waals surface area contributed by atoms with E-state index >= 15 is 0 Å². The lowest BCUT2D eigenvalue weighted by molar-refractivity contribution is -0.142. The first-order valence-electron chi connectivity index (χ1n) is 13.0. The van der Waals surface area contributed by atoms with Crippen molar-refractivity contribution >= 4 is 29.7 Å². The summed E-state index contributed by atoms with van der Waals surface area (Å²) in [6.45, 7) is 2.03. The van der Waals surface area contributed by atoms with Gasteiger partial charge in [-0.15, -0.1) is 0 Å². The molecular formula is C33H32N2O4S. The number of hydrogen-bond donors (Lipinski definition) is 1. The Morgan fingerprint density at radius 3 is 2.00 bits per heavy atom. The lowest BCUT2D eigenvalue weighted by Crippen LogP contribution is -2.51. The number of ether oxygens (including phenoxy) is 1. The Morgan fingerprint density at radius 2 is 1.38 bits per heavy atom. The molecule has 7 heteroatoms. The Labute approximate surface area is 239 Å². The number of nitrogens with one attached hydrogen (secondary N) is 1. The second kappa shape index (κ2) is 14.1. The molecule has 0 aromatic heterocycles. The quantitative estimate of drug-likeness (QED) is 0.228. The fraction of sp³-hybridized carbons (Fsp3) is 0.182. The average Bonchev–Trinajstić information content (AvgIpc) is 3.00. The molecule has 0 bridgehead atoms. The van der Waals surface area contributed by atoms with Gasteiger partial charge in [-0.3, -0.25) is 9.69 Å². The Bertz CT molecular complexity index is 1410. The van der Waals surface area contributed by atoms with Gasteiger partial charge < -0.3 is 10.1 Å². The molecule has 0 heterocycles. The first-order chi connectivity index (χ1) is 19.4. The van der Waals surface area contributed by atoms with Crippen LogP contribution in [-0.4, -0.2) is 41.7 Å². The molecule has 204 valence electrons. The number of hydrogen-bond acceptors (Lipinski definition) is 5. The molecule has 3 amide bonds. The minimum Gasteiger partial charge on any atom is -0.467 e. The van der Waals surface area contributed by atoms with E-state index in [9.17, 15) is 14.4 Å². The number of methoxy groups -OCH3 is 1. The standard InChI is InChI=1S/C33H32N2O4S/c1-24-13-15-25(16-14-24)21-35(31(36)29-19-17-28(18-20-29)27-11-7-4-8-12-27)33(38)34-30(32(37)39-2)23-40-22-26-9-5-3-6-10-26/h3-20,30H,21-23H2,1-2H3,(H,34,38)/t30-/m0/s1. The van der Waals surface area contributed by atoms with Crippen molar-refractivity contribution in [2.45, 2.75) is 25.3 Å². The topological polar surface area (TPSA) is 75.7 Å². The van der Waals surface area contributed by atoms with Crippen LogP contribution in [0.3, 0.4) is 0 Å². The van der Waals surface area contributed by atoms with E-state index in [-0.39, 0.29) is 6.54 Å². The van der Waals surface area contributed by atoms with Crippen LogP contribution in [0.4, 0.5) is 4.79 Å². The van der Waals surface area contributed by atoms with Crippen molar-refractivity contribution in [2.24, 2.45) is 0 Å². The normalized spacial score (nSPS) is 11.3. The maximum absolute atomic E-state index is 13.7. The molecule has 4 aromatic carbocycles. The number of esters is 1. The summed E-state index contributed by atoms with van der Waals surface area (Å²) in [4.78, 5) is 40.9. The molecule has 4 aromatic rings. The van der Waals surface area contributed by atoms with E-state index in [0.717, 1.165) is 32.7 Å². The summed E-state index contributed by atoms with van der Waals surface area (Å²) in [5.74, 6) is -0.0580. The van der Waals surface area contributed by atoms with Crippen molar-refractivity contribution in [1.82, 2.24) is 10.2 Å². The summed E-state index contributed by atoms with van der Waals surface area (Å²) in [6.07, 6.45) is 0. The summed E-state index contributed by atoms with van der Waals surface area (Å²) >= 11 is 1.50. The number of amides is 3. The lowest BCUT2D eigenvalue weighted by atomic mass is 10.0. The zero-order valence-electron chi connectivity index (χ0n) is 22.6. The predicted octanol–water partition coefficient (Wildman–Crippen LogP) is 6.49. The van der Waals surface area contributed by atoms with Crippen LogP contribution in [0.2, 0.25) is 0 Å². The largest absolute Gasteiger partial charge is 0.467 e. The van der Waals surface area contributed by atoms with E-state index in [0.29, 0.717) is 17.1 Å². The highest BCUT2D eigenvalue weighted by atomic mass is 32.2. The highest BCUT2D eigenvalue weighted by Gasteiger charge is 2.28. The van der Waals surface area contributed by atoms with Crippen LogP contribution in [0.15, 0.2) is 109 Å². The minimum absolute atomic E-state index is 0.0520. The molecule has 0 aliphatic heterocycles. The van der Waals surface area contributed by atoms with Gasteiger partial charge in [0.1, 0.15) is 6.04 Å². The summed E-state index contributed by atoms with van der Waals surface area (Å²) in [7, 11) is 1.28. The lowest BCUT2D eigenvalue weighted by Gasteiger charge is -2.25. The van der Waals surface area contributed by atoms with Gasteiger partial charge in [0.05, 0.1) is 13.7 Å². The van der Waals surface area contributed by atoms with Gasteiger partial charge in [-0.1, -0.05) is 103 Å². The maximum Gasteiger partial charge on any atom is 0.329 e. The Kier molecular flexibility index (Phi) is 10.1. The second-order valence-corrected chi connectivity index (χ2v) is 10.4. The fourth-order valence-electron chi connectivity index (χ4n) is 4.11. The van der Waals surface area contributed by atoms with E-state index in [4.69, 9.17) is 4.74 Å². The number of aryl methyl sites for hydroxylation is 1. The molecule has 40 heavy (non-hydrogen) atoms. The van der Waals surface area contributed by atoms with Crippen molar-refractivity contribution in [3.05, 3.63) is 131 Å². The van der Waals surface area contributed by atoms with Crippen LogP contribution < -0.4 is 5.32 Å². The number of benzene rings is 4. The zero-order chi connectivity index (χ0) is 28.3. The number of carbonyl (C=O) groups is 3. The number of urea groups is 1. The average molecular weight is 553 g/mol. The van der Waals surface area contributed by atoms with Crippen molar-refractivity contribution in [3.63, 3.8) is 0 Å². The molecule has 0 radical (unpaired) electrons. The Morgan fingerprint density at radius 1 is 0.775 bits per heavy atom. The molecule has 0 saturated carbocycles. The monoisotopic (exact) mass is 552 g/mol. The molecule has 0 saturated heterocycles. The van der Waals surface area contributed by atoms with Gasteiger partial charge in [-0.2, -0.15) is 11.8 Å². The molecule has 0 unspecified atom stereocenters. The maximum atomic E-state index is 13.7.